The predicted octanol–water partition coefficient (Wildman–Crippen LogP) is 4.21. The molecule has 0 saturated heterocycles. The predicted molar refractivity (Wildman–Crippen MR) is 102 cm³/mol. The Bertz CT molecular complexity index is 1050. The van der Waals surface area contributed by atoms with E-state index in [2.05, 4.69) is 0 Å². The van der Waals surface area contributed by atoms with Gasteiger partial charge in [0.1, 0.15) is 36.5 Å². The van der Waals surface area contributed by atoms with Gasteiger partial charge < -0.3 is 19.1 Å². The molecule has 0 bridgehead atoms. The average molecular weight is 419 g/mol. The number of benzene rings is 2. The molecule has 30 heavy (non-hydrogen) atoms. The molecule has 158 valence electrons. The van der Waals surface area contributed by atoms with Crippen molar-refractivity contribution in [2.24, 2.45) is 0 Å². The largest absolute Gasteiger partial charge is 0.487 e. The number of fused-ring (bicyclic) bond motifs is 5. The number of carbonyl (C=O) groups is 1. The summed E-state index contributed by atoms with van der Waals surface area (Å²) in [6, 6.07) is 10.0. The van der Waals surface area contributed by atoms with Crippen LogP contribution in [0.1, 0.15) is 31.4 Å². The van der Waals surface area contributed by atoms with Crippen molar-refractivity contribution in [2.75, 3.05) is 24.7 Å². The van der Waals surface area contributed by atoms with Gasteiger partial charge in [0.2, 0.25) is 5.91 Å². The molecule has 2 aromatic rings. The van der Waals surface area contributed by atoms with Crippen LogP contribution in [0.5, 0.6) is 17.2 Å². The van der Waals surface area contributed by atoms with Gasteiger partial charge in [-0.25, -0.2) is 0 Å². The number of amides is 1. The molecule has 1 spiro atoms. The van der Waals surface area contributed by atoms with Crippen molar-refractivity contribution in [3.05, 3.63) is 47.5 Å². The highest BCUT2D eigenvalue weighted by molar-refractivity contribution is 6.11. The lowest BCUT2D eigenvalue weighted by Crippen LogP contribution is -2.51. The van der Waals surface area contributed by atoms with Crippen LogP contribution in [0.15, 0.2) is 36.4 Å². The highest BCUT2D eigenvalue weighted by Crippen LogP contribution is 2.58. The Morgan fingerprint density at radius 1 is 1.00 bits per heavy atom. The third-order valence-corrected chi connectivity index (χ3v) is 5.78. The summed E-state index contributed by atoms with van der Waals surface area (Å²) in [5, 5.41) is 0. The van der Waals surface area contributed by atoms with Gasteiger partial charge in [-0.3, -0.25) is 4.79 Å². The lowest BCUT2D eigenvalue weighted by molar-refractivity contribution is -0.135. The Labute approximate surface area is 171 Å². The molecule has 3 aliphatic rings. The number of halogens is 3. The molecule has 0 saturated carbocycles. The zero-order valence-corrected chi connectivity index (χ0v) is 16.5. The first-order valence-electron chi connectivity index (χ1n) is 9.72. The zero-order valence-electron chi connectivity index (χ0n) is 16.5. The maximum atomic E-state index is 13.7. The first-order chi connectivity index (χ1) is 14.1. The van der Waals surface area contributed by atoms with Crippen molar-refractivity contribution in [1.82, 2.24) is 0 Å². The Kier molecular flexibility index (Phi) is 3.85. The van der Waals surface area contributed by atoms with E-state index in [1.54, 1.807) is 36.4 Å². The van der Waals surface area contributed by atoms with E-state index in [4.69, 9.17) is 14.2 Å². The van der Waals surface area contributed by atoms with Crippen LogP contribution < -0.4 is 19.1 Å². The van der Waals surface area contributed by atoms with Crippen molar-refractivity contribution in [2.45, 2.75) is 37.5 Å². The molecule has 2 aromatic carbocycles. The number of alkyl halides is 3. The van der Waals surface area contributed by atoms with Gasteiger partial charge in [0.25, 0.3) is 0 Å². The van der Waals surface area contributed by atoms with Gasteiger partial charge >= 0.3 is 6.18 Å². The molecular weight excluding hydrogens is 399 g/mol. The fourth-order valence-corrected chi connectivity index (χ4v) is 4.85. The Morgan fingerprint density at radius 3 is 2.37 bits per heavy atom. The lowest BCUT2D eigenvalue weighted by Gasteiger charge is -2.43. The smallest absolute Gasteiger partial charge is 0.406 e. The number of ether oxygens (including phenoxy) is 3. The second-order valence-electron chi connectivity index (χ2n) is 8.46. The number of hydrogen-bond acceptors (Lipinski definition) is 4. The van der Waals surface area contributed by atoms with Crippen molar-refractivity contribution in [3.63, 3.8) is 0 Å². The van der Waals surface area contributed by atoms with E-state index in [9.17, 15) is 18.0 Å². The minimum Gasteiger partial charge on any atom is -0.487 e. The van der Waals surface area contributed by atoms with E-state index in [1.165, 1.54) is 0 Å². The second-order valence-corrected chi connectivity index (χ2v) is 8.46. The fraction of sp³-hybridized carbons (Fsp3) is 0.409. The van der Waals surface area contributed by atoms with Crippen LogP contribution in [0.4, 0.5) is 18.9 Å². The summed E-state index contributed by atoms with van der Waals surface area (Å²) in [4.78, 5) is 14.6. The monoisotopic (exact) mass is 419 g/mol. The number of para-hydroxylation sites is 1. The van der Waals surface area contributed by atoms with Crippen LogP contribution in [0.2, 0.25) is 0 Å². The maximum absolute atomic E-state index is 13.7. The van der Waals surface area contributed by atoms with Gasteiger partial charge in [-0.1, -0.05) is 18.2 Å². The number of rotatable bonds is 1. The van der Waals surface area contributed by atoms with Crippen molar-refractivity contribution < 1.29 is 32.2 Å². The van der Waals surface area contributed by atoms with Gasteiger partial charge in [-0.2, -0.15) is 13.2 Å². The first kappa shape index (κ1) is 19.1. The molecule has 1 amide bonds. The fourth-order valence-electron chi connectivity index (χ4n) is 4.85. The normalized spacial score (nSPS) is 23.8. The lowest BCUT2D eigenvalue weighted by atomic mass is 9.67. The summed E-state index contributed by atoms with van der Waals surface area (Å²) >= 11 is 0. The average Bonchev–Trinajstić information content (AvgIpc) is 2.88. The Hall–Kier alpha value is -2.90. The molecule has 0 N–H and O–H groups in total. The minimum atomic E-state index is -4.52. The SMILES string of the molecule is CC1(C)CC2(C(=O)N(CC(F)(F)F)c3ccccc32)c2cc3c(cc2O1)OCCO3. The van der Waals surface area contributed by atoms with Gasteiger partial charge in [-0.05, 0) is 31.5 Å². The van der Waals surface area contributed by atoms with E-state index in [0.717, 1.165) is 4.90 Å². The minimum absolute atomic E-state index is 0.205. The molecule has 0 aliphatic carbocycles. The van der Waals surface area contributed by atoms with E-state index < -0.39 is 29.6 Å². The van der Waals surface area contributed by atoms with Gasteiger partial charge in [-0.15, -0.1) is 0 Å². The summed E-state index contributed by atoms with van der Waals surface area (Å²) < 4.78 is 57.5. The van der Waals surface area contributed by atoms with E-state index >= 15 is 0 Å². The summed E-state index contributed by atoms with van der Waals surface area (Å²) in [5.41, 5.74) is -0.747. The van der Waals surface area contributed by atoms with Gasteiger partial charge in [0.05, 0.1) is 0 Å². The standard InChI is InChI=1S/C22H20F3NO4/c1-20(2)11-21(14-9-17-18(10-16(14)30-20)29-8-7-28-17)13-5-3-4-6-15(13)26(19(21)27)12-22(23,24)25/h3-6,9-10H,7-8,11-12H2,1-2H3. The van der Waals surface area contributed by atoms with Crippen LogP contribution in [-0.4, -0.2) is 37.4 Å². The molecule has 0 aromatic heterocycles. The quantitative estimate of drug-likeness (QED) is 0.695. The highest BCUT2D eigenvalue weighted by atomic mass is 19.4. The summed E-state index contributed by atoms with van der Waals surface area (Å²) in [5.74, 6) is 0.781. The third-order valence-electron chi connectivity index (χ3n) is 5.78. The molecule has 5 nitrogen and oxygen atoms in total. The highest BCUT2D eigenvalue weighted by Gasteiger charge is 2.59. The van der Waals surface area contributed by atoms with Gasteiger partial charge in [0, 0.05) is 23.7 Å². The number of nitrogens with zero attached hydrogens (tertiary/aromatic N) is 1. The van der Waals surface area contributed by atoms with Crippen molar-refractivity contribution in [1.29, 1.82) is 0 Å². The molecule has 0 fully saturated rings. The topological polar surface area (TPSA) is 48.0 Å². The second kappa shape index (κ2) is 6.06. The molecule has 1 atom stereocenters. The van der Waals surface area contributed by atoms with Crippen LogP contribution in [-0.2, 0) is 10.2 Å². The van der Waals surface area contributed by atoms with E-state index in [1.807, 2.05) is 13.8 Å². The van der Waals surface area contributed by atoms with Crippen LogP contribution in [0.25, 0.3) is 0 Å². The number of hydrogen-bond donors (Lipinski definition) is 0. The van der Waals surface area contributed by atoms with E-state index in [0.29, 0.717) is 41.6 Å². The number of anilines is 1. The molecule has 3 aliphatic heterocycles. The Morgan fingerprint density at radius 2 is 1.67 bits per heavy atom. The van der Waals surface area contributed by atoms with Crippen molar-refractivity contribution in [3.8, 4) is 17.2 Å². The van der Waals surface area contributed by atoms with Crippen molar-refractivity contribution >= 4 is 11.6 Å². The Balaban J connectivity index is 1.77. The molecule has 1 unspecified atom stereocenters. The van der Waals surface area contributed by atoms with E-state index in [-0.39, 0.29) is 12.1 Å². The van der Waals surface area contributed by atoms with Crippen LogP contribution in [0, 0.1) is 0 Å². The molecular formula is C22H20F3NO4. The summed E-state index contributed by atoms with van der Waals surface area (Å²) in [6.45, 7) is 3.07. The molecule has 3 heterocycles. The van der Waals surface area contributed by atoms with Crippen LogP contribution in [0.3, 0.4) is 0 Å². The summed E-state index contributed by atoms with van der Waals surface area (Å²) in [6.07, 6.45) is -4.32. The third kappa shape index (κ3) is 2.73. The molecule has 0 radical (unpaired) electrons. The molecule has 5 rings (SSSR count). The first-order valence-corrected chi connectivity index (χ1v) is 9.72. The zero-order chi connectivity index (χ0) is 21.3. The van der Waals surface area contributed by atoms with Gasteiger partial charge in [0.15, 0.2) is 11.5 Å². The summed E-state index contributed by atoms with van der Waals surface area (Å²) in [7, 11) is 0. The number of carbonyl (C=O) groups excluding carboxylic acids is 1. The van der Waals surface area contributed by atoms with Crippen LogP contribution >= 0.6 is 0 Å². The molecule has 8 heteroatoms. The maximum Gasteiger partial charge on any atom is 0.406 e.